The molecule has 0 spiro atoms. The molecule has 2 nitrogen and oxygen atoms in total. The Morgan fingerprint density at radius 1 is 1.09 bits per heavy atom. The number of rotatable bonds is 2. The molecule has 0 aliphatic carbocycles. The molecule has 1 fully saturated rings. The maximum atomic E-state index is 12.6. The van der Waals surface area contributed by atoms with Crippen molar-refractivity contribution in [2.75, 3.05) is 0 Å². The Hall–Kier alpha value is -1.64. The van der Waals surface area contributed by atoms with Crippen LogP contribution < -0.4 is 5.32 Å². The van der Waals surface area contributed by atoms with E-state index >= 15 is 0 Å². The van der Waals surface area contributed by atoms with Gasteiger partial charge in [0, 0.05) is 9.75 Å². The molecule has 0 unspecified atom stereocenters. The smallest absolute Gasteiger partial charge is 0.307 e. The zero-order chi connectivity index (χ0) is 16.6. The van der Waals surface area contributed by atoms with Crippen LogP contribution in [0.5, 0.6) is 0 Å². The second kappa shape index (κ2) is 6.10. The number of hydrogen-bond acceptors (Lipinski definition) is 4. The third kappa shape index (κ3) is 3.65. The van der Waals surface area contributed by atoms with Crippen LogP contribution in [0.4, 0.5) is 13.2 Å². The Bertz CT molecular complexity index is 806. The van der Waals surface area contributed by atoms with Gasteiger partial charge in [-0.05, 0) is 35.9 Å². The fraction of sp³-hybridized carbons (Fsp3) is 0.0667. The highest BCUT2D eigenvalue weighted by Crippen LogP contribution is 2.34. The largest absolute Gasteiger partial charge is 0.416 e. The SMILES string of the molecule is O=C1NC(=S)S/C1=C/c1ccc(-c2ccc(C(F)(F)F)cc2)s1. The first kappa shape index (κ1) is 16.2. The van der Waals surface area contributed by atoms with Gasteiger partial charge >= 0.3 is 6.18 Å². The Balaban J connectivity index is 1.84. The average molecular weight is 371 g/mol. The second-order valence-corrected chi connectivity index (χ2v) is 7.46. The fourth-order valence-electron chi connectivity index (χ4n) is 1.96. The Kier molecular flexibility index (Phi) is 4.31. The molecule has 1 aliphatic heterocycles. The molecule has 1 N–H and O–H groups in total. The highest BCUT2D eigenvalue weighted by molar-refractivity contribution is 8.26. The van der Waals surface area contributed by atoms with E-state index in [-0.39, 0.29) is 5.91 Å². The molecule has 2 aromatic rings. The molecular formula is C15H8F3NOS3. The summed E-state index contributed by atoms with van der Waals surface area (Å²) in [6, 6.07) is 8.64. The van der Waals surface area contributed by atoms with Gasteiger partial charge in [-0.1, -0.05) is 36.1 Å². The topological polar surface area (TPSA) is 29.1 Å². The molecule has 1 aromatic carbocycles. The van der Waals surface area contributed by atoms with E-state index in [0.29, 0.717) is 14.8 Å². The molecule has 0 atom stereocenters. The molecule has 118 valence electrons. The summed E-state index contributed by atoms with van der Waals surface area (Å²) in [6.07, 6.45) is -2.62. The zero-order valence-electron chi connectivity index (χ0n) is 11.3. The number of thioether (sulfide) groups is 1. The van der Waals surface area contributed by atoms with Crippen LogP contribution in [0.3, 0.4) is 0 Å². The second-order valence-electron chi connectivity index (χ2n) is 4.63. The van der Waals surface area contributed by atoms with Crippen molar-refractivity contribution < 1.29 is 18.0 Å². The van der Waals surface area contributed by atoms with E-state index in [0.717, 1.165) is 21.9 Å². The van der Waals surface area contributed by atoms with Crippen LogP contribution in [-0.2, 0) is 11.0 Å². The van der Waals surface area contributed by atoms with E-state index in [1.807, 2.05) is 12.1 Å². The number of hydrogen-bond donors (Lipinski definition) is 1. The quantitative estimate of drug-likeness (QED) is 0.600. The number of amides is 1. The van der Waals surface area contributed by atoms with E-state index < -0.39 is 11.7 Å². The van der Waals surface area contributed by atoms with Gasteiger partial charge in [0.25, 0.3) is 5.91 Å². The van der Waals surface area contributed by atoms with Crippen LogP contribution in [0.1, 0.15) is 10.4 Å². The lowest BCUT2D eigenvalue weighted by Gasteiger charge is -2.06. The third-order valence-electron chi connectivity index (χ3n) is 3.04. The van der Waals surface area contributed by atoms with Gasteiger partial charge in [-0.2, -0.15) is 13.2 Å². The Morgan fingerprint density at radius 3 is 2.35 bits per heavy atom. The number of thiophene rings is 1. The van der Waals surface area contributed by atoms with Crippen molar-refractivity contribution in [3.05, 3.63) is 51.7 Å². The lowest BCUT2D eigenvalue weighted by atomic mass is 10.1. The zero-order valence-corrected chi connectivity index (χ0v) is 13.8. The molecule has 8 heteroatoms. The number of alkyl halides is 3. The summed E-state index contributed by atoms with van der Waals surface area (Å²) in [4.78, 5) is 13.8. The van der Waals surface area contributed by atoms with Crippen molar-refractivity contribution >= 4 is 51.6 Å². The molecule has 2 heterocycles. The number of thiocarbonyl (C=S) groups is 1. The maximum absolute atomic E-state index is 12.6. The minimum absolute atomic E-state index is 0.232. The van der Waals surface area contributed by atoms with Crippen molar-refractivity contribution in [3.63, 3.8) is 0 Å². The van der Waals surface area contributed by atoms with E-state index in [2.05, 4.69) is 5.32 Å². The van der Waals surface area contributed by atoms with Crippen LogP contribution in [0.25, 0.3) is 16.5 Å². The fourth-order valence-corrected chi connectivity index (χ4v) is 4.03. The maximum Gasteiger partial charge on any atom is 0.416 e. The number of carbonyl (C=O) groups excluding carboxylic acids is 1. The lowest BCUT2D eigenvalue weighted by Crippen LogP contribution is -2.17. The number of nitrogens with one attached hydrogen (secondary N) is 1. The van der Waals surface area contributed by atoms with Gasteiger partial charge in [-0.25, -0.2) is 0 Å². The van der Waals surface area contributed by atoms with Gasteiger partial charge in [0.05, 0.1) is 10.5 Å². The van der Waals surface area contributed by atoms with E-state index in [1.165, 1.54) is 35.2 Å². The van der Waals surface area contributed by atoms with Gasteiger partial charge in [0.1, 0.15) is 4.32 Å². The average Bonchev–Trinajstić information content (AvgIpc) is 3.06. The Morgan fingerprint density at radius 2 is 1.78 bits per heavy atom. The minimum atomic E-state index is -4.34. The first-order valence-corrected chi connectivity index (χ1v) is 8.39. The number of benzene rings is 1. The van der Waals surface area contributed by atoms with Crippen molar-refractivity contribution in [2.45, 2.75) is 6.18 Å². The monoisotopic (exact) mass is 371 g/mol. The summed E-state index contributed by atoms with van der Waals surface area (Å²) in [5, 5.41) is 2.53. The predicted octanol–water partition coefficient (Wildman–Crippen LogP) is 4.92. The normalized spacial score (nSPS) is 16.9. The van der Waals surface area contributed by atoms with E-state index in [9.17, 15) is 18.0 Å². The Labute approximate surface area is 143 Å². The highest BCUT2D eigenvalue weighted by Gasteiger charge is 2.30. The molecule has 1 saturated heterocycles. The molecule has 0 saturated carbocycles. The van der Waals surface area contributed by atoms with Crippen molar-refractivity contribution in [1.29, 1.82) is 0 Å². The summed E-state index contributed by atoms with van der Waals surface area (Å²) >= 11 is 7.50. The van der Waals surface area contributed by atoms with Crippen molar-refractivity contribution in [2.24, 2.45) is 0 Å². The predicted molar refractivity (Wildman–Crippen MR) is 91.1 cm³/mol. The first-order chi connectivity index (χ1) is 10.8. The lowest BCUT2D eigenvalue weighted by molar-refractivity contribution is -0.137. The number of carbonyl (C=O) groups is 1. The van der Waals surface area contributed by atoms with Crippen LogP contribution >= 0.6 is 35.3 Å². The molecule has 23 heavy (non-hydrogen) atoms. The standard InChI is InChI=1S/C15H8F3NOS3/c16-15(17,18)9-3-1-8(2-4-9)11-6-5-10(22-11)7-12-13(20)19-14(21)23-12/h1-7H,(H,19,20,21)/b12-7+. The van der Waals surface area contributed by atoms with Crippen LogP contribution in [0.15, 0.2) is 41.3 Å². The highest BCUT2D eigenvalue weighted by atomic mass is 32.2. The molecule has 3 rings (SSSR count). The molecule has 0 radical (unpaired) electrons. The summed E-state index contributed by atoms with van der Waals surface area (Å²) in [6.45, 7) is 0. The van der Waals surface area contributed by atoms with Crippen LogP contribution in [0.2, 0.25) is 0 Å². The summed E-state index contributed by atoms with van der Waals surface area (Å²) in [7, 11) is 0. The van der Waals surface area contributed by atoms with Gasteiger partial charge in [0.2, 0.25) is 0 Å². The minimum Gasteiger partial charge on any atom is -0.307 e. The van der Waals surface area contributed by atoms with Gasteiger partial charge in [0.15, 0.2) is 0 Å². The van der Waals surface area contributed by atoms with E-state index in [1.54, 1.807) is 6.08 Å². The van der Waals surface area contributed by atoms with Gasteiger partial charge in [-0.15, -0.1) is 11.3 Å². The number of halogens is 3. The molecular weight excluding hydrogens is 363 g/mol. The van der Waals surface area contributed by atoms with Gasteiger partial charge in [-0.3, -0.25) is 4.79 Å². The summed E-state index contributed by atoms with van der Waals surface area (Å²) in [5.41, 5.74) is 0.0272. The van der Waals surface area contributed by atoms with Crippen LogP contribution in [0, 0.1) is 0 Å². The molecule has 0 bridgehead atoms. The van der Waals surface area contributed by atoms with E-state index in [4.69, 9.17) is 12.2 Å². The molecule has 1 aliphatic rings. The van der Waals surface area contributed by atoms with Gasteiger partial charge < -0.3 is 5.32 Å². The third-order valence-corrected chi connectivity index (χ3v) is 5.28. The molecule has 1 aromatic heterocycles. The summed E-state index contributed by atoms with van der Waals surface area (Å²) in [5.74, 6) is -0.232. The first-order valence-electron chi connectivity index (χ1n) is 6.35. The van der Waals surface area contributed by atoms with Crippen LogP contribution in [-0.4, -0.2) is 10.2 Å². The summed E-state index contributed by atoms with van der Waals surface area (Å²) < 4.78 is 38.1. The van der Waals surface area contributed by atoms with Crippen molar-refractivity contribution in [3.8, 4) is 10.4 Å². The van der Waals surface area contributed by atoms with Crippen molar-refractivity contribution in [1.82, 2.24) is 5.32 Å². The molecule has 1 amide bonds.